The summed E-state index contributed by atoms with van der Waals surface area (Å²) >= 11 is 3.58. The van der Waals surface area contributed by atoms with Gasteiger partial charge in [-0.3, -0.25) is 4.79 Å². The first-order valence-electron chi connectivity index (χ1n) is 6.63. The third kappa shape index (κ3) is 2.68. The van der Waals surface area contributed by atoms with E-state index in [1.54, 1.807) is 0 Å². The molecule has 0 bridgehead atoms. The van der Waals surface area contributed by atoms with Crippen LogP contribution in [0.25, 0.3) is 0 Å². The van der Waals surface area contributed by atoms with E-state index in [0.717, 1.165) is 24.0 Å². The van der Waals surface area contributed by atoms with E-state index in [4.69, 9.17) is 4.74 Å². The summed E-state index contributed by atoms with van der Waals surface area (Å²) in [4.78, 5) is 14.3. The molecule has 4 nitrogen and oxygen atoms in total. The van der Waals surface area contributed by atoms with E-state index in [1.165, 1.54) is 11.1 Å². The normalized spacial score (nSPS) is 23.0. The third-order valence-electron chi connectivity index (χ3n) is 3.72. The van der Waals surface area contributed by atoms with E-state index in [9.17, 15) is 4.79 Å². The Balaban J connectivity index is 1.73. The summed E-state index contributed by atoms with van der Waals surface area (Å²) in [6, 6.07) is 6.18. The fourth-order valence-corrected chi connectivity index (χ4v) is 3.28. The van der Waals surface area contributed by atoms with Crippen LogP contribution in [0, 0.1) is 0 Å². The van der Waals surface area contributed by atoms with Crippen LogP contribution in [-0.4, -0.2) is 43.2 Å². The topological polar surface area (TPSA) is 41.6 Å². The van der Waals surface area contributed by atoms with Crippen molar-refractivity contribution in [1.82, 2.24) is 10.2 Å². The van der Waals surface area contributed by atoms with Gasteiger partial charge in [-0.05, 0) is 23.6 Å². The number of morpholine rings is 1. The number of nitrogens with zero attached hydrogens (tertiary/aromatic N) is 1. The number of halogens is 1. The minimum absolute atomic E-state index is 0.109. The second-order valence-corrected chi connectivity index (χ2v) is 5.81. The smallest absolute Gasteiger partial charge is 0.253 e. The van der Waals surface area contributed by atoms with Crippen molar-refractivity contribution in [2.45, 2.75) is 19.1 Å². The number of fused-ring (bicyclic) bond motifs is 1. The quantitative estimate of drug-likeness (QED) is 0.847. The molecule has 1 atom stereocenters. The molecule has 3 rings (SSSR count). The SMILES string of the molecule is O=C(C1CNCCO1)N1CCc2c(Br)cccc2C1. The zero-order valence-electron chi connectivity index (χ0n) is 10.7. The van der Waals surface area contributed by atoms with E-state index in [2.05, 4.69) is 33.4 Å². The lowest BCUT2D eigenvalue weighted by molar-refractivity contribution is -0.146. The summed E-state index contributed by atoms with van der Waals surface area (Å²) in [6.45, 7) is 3.54. The molecule has 1 saturated heterocycles. The minimum Gasteiger partial charge on any atom is -0.366 e. The molecule has 0 radical (unpaired) electrons. The zero-order chi connectivity index (χ0) is 13.2. The maximum Gasteiger partial charge on any atom is 0.253 e. The van der Waals surface area contributed by atoms with E-state index >= 15 is 0 Å². The summed E-state index contributed by atoms with van der Waals surface area (Å²) in [5.41, 5.74) is 2.56. The van der Waals surface area contributed by atoms with Gasteiger partial charge in [0.25, 0.3) is 5.91 Å². The van der Waals surface area contributed by atoms with E-state index in [-0.39, 0.29) is 12.0 Å². The Kier molecular flexibility index (Phi) is 3.86. The Morgan fingerprint density at radius 3 is 3.16 bits per heavy atom. The summed E-state index contributed by atoms with van der Waals surface area (Å²) in [6.07, 6.45) is 0.588. The van der Waals surface area contributed by atoms with E-state index in [1.807, 2.05) is 11.0 Å². The molecule has 0 spiro atoms. The first kappa shape index (κ1) is 13.1. The van der Waals surface area contributed by atoms with Crippen molar-refractivity contribution < 1.29 is 9.53 Å². The second-order valence-electron chi connectivity index (χ2n) is 4.95. The molecule has 5 heteroatoms. The van der Waals surface area contributed by atoms with Crippen LogP contribution >= 0.6 is 15.9 Å². The largest absolute Gasteiger partial charge is 0.366 e. The highest BCUT2D eigenvalue weighted by Gasteiger charge is 2.29. The van der Waals surface area contributed by atoms with Gasteiger partial charge in [0, 0.05) is 30.7 Å². The lowest BCUT2D eigenvalue weighted by atomic mass is 9.99. The molecule has 19 heavy (non-hydrogen) atoms. The Labute approximate surface area is 121 Å². The predicted octanol–water partition coefficient (Wildman–Crippen LogP) is 1.32. The number of rotatable bonds is 1. The van der Waals surface area contributed by atoms with Crippen LogP contribution in [0.1, 0.15) is 11.1 Å². The van der Waals surface area contributed by atoms with Crippen LogP contribution in [0.2, 0.25) is 0 Å². The van der Waals surface area contributed by atoms with Gasteiger partial charge in [0.1, 0.15) is 6.10 Å². The Hall–Kier alpha value is -0.910. The number of amides is 1. The molecule has 0 aromatic heterocycles. The molecule has 0 aliphatic carbocycles. The van der Waals surface area contributed by atoms with Crippen LogP contribution in [-0.2, 0) is 22.5 Å². The molecule has 1 aromatic carbocycles. The van der Waals surface area contributed by atoms with Crippen LogP contribution in [0.4, 0.5) is 0 Å². The van der Waals surface area contributed by atoms with Crippen molar-refractivity contribution in [3.05, 3.63) is 33.8 Å². The van der Waals surface area contributed by atoms with Gasteiger partial charge in [0.2, 0.25) is 0 Å². The summed E-state index contributed by atoms with van der Waals surface area (Å²) in [5.74, 6) is 0.109. The number of carbonyl (C=O) groups excluding carboxylic acids is 1. The molecular formula is C14H17BrN2O2. The monoisotopic (exact) mass is 324 g/mol. The van der Waals surface area contributed by atoms with Gasteiger partial charge >= 0.3 is 0 Å². The molecule has 1 amide bonds. The van der Waals surface area contributed by atoms with Gasteiger partial charge in [0.05, 0.1) is 6.61 Å². The summed E-state index contributed by atoms with van der Waals surface area (Å²) in [5, 5.41) is 3.20. The van der Waals surface area contributed by atoms with Crippen molar-refractivity contribution in [3.63, 3.8) is 0 Å². The predicted molar refractivity (Wildman–Crippen MR) is 75.9 cm³/mol. The van der Waals surface area contributed by atoms with Crippen molar-refractivity contribution in [3.8, 4) is 0 Å². The molecule has 102 valence electrons. The highest BCUT2D eigenvalue weighted by Crippen LogP contribution is 2.26. The zero-order valence-corrected chi connectivity index (χ0v) is 12.3. The lowest BCUT2D eigenvalue weighted by Gasteiger charge is -2.33. The van der Waals surface area contributed by atoms with Crippen molar-refractivity contribution in [1.29, 1.82) is 0 Å². The minimum atomic E-state index is -0.317. The van der Waals surface area contributed by atoms with Crippen LogP contribution in [0.5, 0.6) is 0 Å². The van der Waals surface area contributed by atoms with Crippen molar-refractivity contribution in [2.75, 3.05) is 26.2 Å². The Bertz CT molecular complexity index is 486. The highest BCUT2D eigenvalue weighted by atomic mass is 79.9. The third-order valence-corrected chi connectivity index (χ3v) is 4.47. The molecule has 1 N–H and O–H groups in total. The Morgan fingerprint density at radius 1 is 1.47 bits per heavy atom. The van der Waals surface area contributed by atoms with E-state index < -0.39 is 0 Å². The molecule has 0 saturated carbocycles. The van der Waals surface area contributed by atoms with Gasteiger partial charge in [-0.15, -0.1) is 0 Å². The van der Waals surface area contributed by atoms with Crippen LogP contribution in [0.15, 0.2) is 22.7 Å². The maximum absolute atomic E-state index is 12.4. The van der Waals surface area contributed by atoms with Gasteiger partial charge < -0.3 is 15.0 Å². The fraction of sp³-hybridized carbons (Fsp3) is 0.500. The van der Waals surface area contributed by atoms with Gasteiger partial charge in [0.15, 0.2) is 0 Å². The molecular weight excluding hydrogens is 308 g/mol. The number of benzene rings is 1. The van der Waals surface area contributed by atoms with Gasteiger partial charge in [-0.2, -0.15) is 0 Å². The van der Waals surface area contributed by atoms with Gasteiger partial charge in [-0.25, -0.2) is 0 Å². The molecule has 2 aliphatic heterocycles. The average molecular weight is 325 g/mol. The Morgan fingerprint density at radius 2 is 2.37 bits per heavy atom. The van der Waals surface area contributed by atoms with Gasteiger partial charge in [-0.1, -0.05) is 28.1 Å². The molecule has 2 heterocycles. The number of hydrogen-bond acceptors (Lipinski definition) is 3. The first-order valence-corrected chi connectivity index (χ1v) is 7.42. The number of hydrogen-bond donors (Lipinski definition) is 1. The maximum atomic E-state index is 12.4. The highest BCUT2D eigenvalue weighted by molar-refractivity contribution is 9.10. The van der Waals surface area contributed by atoms with Crippen molar-refractivity contribution >= 4 is 21.8 Å². The van der Waals surface area contributed by atoms with E-state index in [0.29, 0.717) is 19.7 Å². The summed E-state index contributed by atoms with van der Waals surface area (Å²) < 4.78 is 6.69. The number of nitrogens with one attached hydrogen (secondary N) is 1. The summed E-state index contributed by atoms with van der Waals surface area (Å²) in [7, 11) is 0. The fourth-order valence-electron chi connectivity index (χ4n) is 2.68. The average Bonchev–Trinajstić information content (AvgIpc) is 2.47. The molecule has 1 aromatic rings. The first-order chi connectivity index (χ1) is 9.25. The molecule has 1 unspecified atom stereocenters. The molecule has 1 fully saturated rings. The van der Waals surface area contributed by atoms with Crippen LogP contribution in [0.3, 0.4) is 0 Å². The number of carbonyl (C=O) groups is 1. The lowest BCUT2D eigenvalue weighted by Crippen LogP contribution is -2.50. The second kappa shape index (κ2) is 5.61. The molecule has 2 aliphatic rings. The van der Waals surface area contributed by atoms with Crippen LogP contribution < -0.4 is 5.32 Å². The standard InChI is InChI=1S/C14H17BrN2O2/c15-12-3-1-2-10-9-17(6-4-11(10)12)14(18)13-8-16-5-7-19-13/h1-3,13,16H,4-9H2. The van der Waals surface area contributed by atoms with Crippen molar-refractivity contribution in [2.24, 2.45) is 0 Å². The number of ether oxygens (including phenoxy) is 1.